The molecule has 0 radical (unpaired) electrons. The lowest BCUT2D eigenvalue weighted by Gasteiger charge is -2.36. The number of carbonyl (C=O) groups is 2. The lowest BCUT2D eigenvalue weighted by atomic mass is 10.0. The van der Waals surface area contributed by atoms with E-state index in [9.17, 15) is 9.59 Å². The van der Waals surface area contributed by atoms with Gasteiger partial charge in [0.15, 0.2) is 0 Å². The maximum atomic E-state index is 12.6. The molecule has 1 aliphatic rings. The number of piperazine rings is 1. The number of hydrogen-bond donors (Lipinski definition) is 0. The van der Waals surface area contributed by atoms with Crippen LogP contribution in [0, 0.1) is 5.92 Å². The molecule has 0 aliphatic carbocycles. The van der Waals surface area contributed by atoms with Gasteiger partial charge in [-0.2, -0.15) is 0 Å². The predicted octanol–water partition coefficient (Wildman–Crippen LogP) is 2.42. The van der Waals surface area contributed by atoms with Crippen LogP contribution in [0.15, 0.2) is 24.3 Å². The highest BCUT2D eigenvalue weighted by Gasteiger charge is 2.28. The van der Waals surface area contributed by atoms with Crippen molar-refractivity contribution in [2.24, 2.45) is 5.92 Å². The molecule has 0 spiro atoms. The SMILES string of the molecule is CCC(CC)C(=O)N1CCN(C(=O)c2ccccc2OC)CC1. The molecule has 1 aliphatic heterocycles. The van der Waals surface area contributed by atoms with Crippen molar-refractivity contribution in [3.8, 4) is 5.75 Å². The summed E-state index contributed by atoms with van der Waals surface area (Å²) in [5, 5.41) is 0. The number of ether oxygens (including phenoxy) is 1. The minimum atomic E-state index is -0.0305. The molecule has 1 heterocycles. The van der Waals surface area contributed by atoms with Crippen LogP contribution in [0.25, 0.3) is 0 Å². The summed E-state index contributed by atoms with van der Waals surface area (Å²) in [7, 11) is 1.57. The number of hydrogen-bond acceptors (Lipinski definition) is 3. The van der Waals surface area contributed by atoms with Gasteiger partial charge >= 0.3 is 0 Å². The van der Waals surface area contributed by atoms with E-state index in [0.717, 1.165) is 12.8 Å². The second kappa shape index (κ2) is 7.99. The van der Waals surface area contributed by atoms with Crippen LogP contribution in [0.1, 0.15) is 37.0 Å². The molecule has 126 valence electrons. The molecule has 0 unspecified atom stereocenters. The lowest BCUT2D eigenvalue weighted by molar-refractivity contribution is -0.137. The zero-order valence-electron chi connectivity index (χ0n) is 14.2. The number of methoxy groups -OCH3 is 1. The number of nitrogens with zero attached hydrogens (tertiary/aromatic N) is 2. The van der Waals surface area contributed by atoms with E-state index < -0.39 is 0 Å². The van der Waals surface area contributed by atoms with Gasteiger partial charge in [-0.1, -0.05) is 26.0 Å². The Morgan fingerprint density at radius 1 is 1.04 bits per heavy atom. The number of benzene rings is 1. The minimum absolute atomic E-state index is 0.0305. The molecule has 0 atom stereocenters. The Bertz CT molecular complexity index is 547. The summed E-state index contributed by atoms with van der Waals surface area (Å²) < 4.78 is 5.27. The van der Waals surface area contributed by atoms with E-state index in [1.165, 1.54) is 0 Å². The van der Waals surface area contributed by atoms with Crippen molar-refractivity contribution < 1.29 is 14.3 Å². The Morgan fingerprint density at radius 3 is 2.17 bits per heavy atom. The summed E-state index contributed by atoms with van der Waals surface area (Å²) in [6, 6.07) is 7.26. The molecule has 5 nitrogen and oxygen atoms in total. The average molecular weight is 318 g/mol. The number of rotatable bonds is 5. The fourth-order valence-electron chi connectivity index (χ4n) is 3.02. The Kier molecular flexibility index (Phi) is 6.02. The van der Waals surface area contributed by atoms with Gasteiger partial charge in [-0.25, -0.2) is 0 Å². The van der Waals surface area contributed by atoms with Gasteiger partial charge < -0.3 is 14.5 Å². The van der Waals surface area contributed by atoms with Crippen LogP contribution in [-0.2, 0) is 4.79 Å². The van der Waals surface area contributed by atoms with Crippen LogP contribution in [0.4, 0.5) is 0 Å². The number of carbonyl (C=O) groups excluding carboxylic acids is 2. The third kappa shape index (κ3) is 3.84. The number of para-hydroxylation sites is 1. The standard InChI is InChI=1S/C18H26N2O3/c1-4-14(5-2)17(21)19-10-12-20(13-11-19)18(22)15-8-6-7-9-16(15)23-3/h6-9,14H,4-5,10-13H2,1-3H3. The summed E-state index contributed by atoms with van der Waals surface area (Å²) in [5.41, 5.74) is 0.578. The summed E-state index contributed by atoms with van der Waals surface area (Å²) >= 11 is 0. The topological polar surface area (TPSA) is 49.9 Å². The molecule has 0 saturated carbocycles. The van der Waals surface area contributed by atoms with Crippen molar-refractivity contribution in [1.29, 1.82) is 0 Å². The van der Waals surface area contributed by atoms with E-state index >= 15 is 0 Å². The van der Waals surface area contributed by atoms with Crippen molar-refractivity contribution in [3.63, 3.8) is 0 Å². The van der Waals surface area contributed by atoms with Crippen LogP contribution >= 0.6 is 0 Å². The van der Waals surface area contributed by atoms with Crippen LogP contribution in [0.5, 0.6) is 5.75 Å². The largest absolute Gasteiger partial charge is 0.496 e. The summed E-state index contributed by atoms with van der Waals surface area (Å²) in [4.78, 5) is 28.7. The second-order valence-electron chi connectivity index (χ2n) is 5.83. The fourth-order valence-corrected chi connectivity index (χ4v) is 3.02. The Morgan fingerprint density at radius 2 is 1.61 bits per heavy atom. The van der Waals surface area contributed by atoms with E-state index in [1.54, 1.807) is 24.1 Å². The first-order valence-electron chi connectivity index (χ1n) is 8.33. The van der Waals surface area contributed by atoms with Gasteiger partial charge in [0.25, 0.3) is 5.91 Å². The van der Waals surface area contributed by atoms with Gasteiger partial charge in [0.1, 0.15) is 5.75 Å². The molecule has 0 bridgehead atoms. The van der Waals surface area contributed by atoms with Crippen LogP contribution in [-0.4, -0.2) is 54.9 Å². The lowest BCUT2D eigenvalue weighted by Crippen LogP contribution is -2.51. The molecular formula is C18H26N2O3. The zero-order chi connectivity index (χ0) is 16.8. The first-order chi connectivity index (χ1) is 11.1. The van der Waals surface area contributed by atoms with Gasteiger partial charge in [0.05, 0.1) is 12.7 Å². The van der Waals surface area contributed by atoms with E-state index in [1.807, 2.05) is 30.9 Å². The second-order valence-corrected chi connectivity index (χ2v) is 5.83. The molecule has 1 aromatic carbocycles. The highest BCUT2D eigenvalue weighted by molar-refractivity contribution is 5.97. The van der Waals surface area contributed by atoms with Gasteiger partial charge in [-0.3, -0.25) is 9.59 Å². The van der Waals surface area contributed by atoms with E-state index in [-0.39, 0.29) is 17.7 Å². The van der Waals surface area contributed by atoms with Crippen molar-refractivity contribution in [2.45, 2.75) is 26.7 Å². The number of amides is 2. The maximum absolute atomic E-state index is 12.6. The smallest absolute Gasteiger partial charge is 0.257 e. The molecule has 23 heavy (non-hydrogen) atoms. The van der Waals surface area contributed by atoms with Crippen molar-refractivity contribution in [2.75, 3.05) is 33.3 Å². The van der Waals surface area contributed by atoms with E-state index in [2.05, 4.69) is 0 Å². The predicted molar refractivity (Wildman–Crippen MR) is 89.5 cm³/mol. The average Bonchev–Trinajstić information content (AvgIpc) is 2.62. The molecule has 0 N–H and O–H groups in total. The van der Waals surface area contributed by atoms with Crippen LogP contribution < -0.4 is 4.74 Å². The molecule has 1 fully saturated rings. The molecule has 2 rings (SSSR count). The summed E-state index contributed by atoms with van der Waals surface area (Å²) in [6.07, 6.45) is 1.74. The van der Waals surface area contributed by atoms with Gasteiger partial charge in [-0.15, -0.1) is 0 Å². The van der Waals surface area contributed by atoms with Gasteiger partial charge in [0.2, 0.25) is 5.91 Å². The Balaban J connectivity index is 1.99. The first kappa shape index (κ1) is 17.3. The molecule has 1 aromatic rings. The van der Waals surface area contributed by atoms with Crippen LogP contribution in [0.2, 0.25) is 0 Å². The normalized spacial score (nSPS) is 15.0. The highest BCUT2D eigenvalue weighted by atomic mass is 16.5. The monoisotopic (exact) mass is 318 g/mol. The molecule has 1 saturated heterocycles. The molecule has 2 amide bonds. The first-order valence-corrected chi connectivity index (χ1v) is 8.33. The molecule has 5 heteroatoms. The van der Waals surface area contributed by atoms with Crippen molar-refractivity contribution in [1.82, 2.24) is 9.80 Å². The fraction of sp³-hybridized carbons (Fsp3) is 0.556. The molecular weight excluding hydrogens is 292 g/mol. The summed E-state index contributed by atoms with van der Waals surface area (Å²) in [6.45, 7) is 6.46. The van der Waals surface area contributed by atoms with Gasteiger partial charge in [0, 0.05) is 32.1 Å². The summed E-state index contributed by atoms with van der Waals surface area (Å²) in [5.74, 6) is 0.885. The van der Waals surface area contributed by atoms with Gasteiger partial charge in [-0.05, 0) is 25.0 Å². The van der Waals surface area contributed by atoms with E-state index in [4.69, 9.17) is 4.74 Å². The minimum Gasteiger partial charge on any atom is -0.496 e. The quantitative estimate of drug-likeness (QED) is 0.838. The Hall–Kier alpha value is -2.04. The van der Waals surface area contributed by atoms with E-state index in [0.29, 0.717) is 37.5 Å². The van der Waals surface area contributed by atoms with Crippen molar-refractivity contribution in [3.05, 3.63) is 29.8 Å². The third-order valence-electron chi connectivity index (χ3n) is 4.55. The van der Waals surface area contributed by atoms with Crippen LogP contribution in [0.3, 0.4) is 0 Å². The van der Waals surface area contributed by atoms with Crippen molar-refractivity contribution >= 4 is 11.8 Å². The Labute approximate surface area is 138 Å². The highest BCUT2D eigenvalue weighted by Crippen LogP contribution is 2.21. The molecule has 0 aromatic heterocycles. The zero-order valence-corrected chi connectivity index (χ0v) is 14.2. The third-order valence-corrected chi connectivity index (χ3v) is 4.55. The maximum Gasteiger partial charge on any atom is 0.257 e.